The van der Waals surface area contributed by atoms with Gasteiger partial charge in [-0.3, -0.25) is 9.58 Å². The smallest absolute Gasteiger partial charge is 0.240 e. The Hall–Kier alpha value is -1.70. The fourth-order valence-corrected chi connectivity index (χ4v) is 4.13. The zero-order valence-electron chi connectivity index (χ0n) is 13.2. The Morgan fingerprint density at radius 1 is 1.30 bits per heavy atom. The van der Waals surface area contributed by atoms with Crippen LogP contribution in [0, 0.1) is 0 Å². The van der Waals surface area contributed by atoms with Crippen molar-refractivity contribution in [2.45, 2.75) is 23.8 Å². The number of sulfonamides is 1. The van der Waals surface area contributed by atoms with E-state index < -0.39 is 10.0 Å². The van der Waals surface area contributed by atoms with Crippen molar-refractivity contribution in [2.24, 2.45) is 7.05 Å². The quantitative estimate of drug-likeness (QED) is 0.870. The molecule has 3 rings (SSSR count). The summed E-state index contributed by atoms with van der Waals surface area (Å²) in [6, 6.07) is 8.82. The first-order valence-electron chi connectivity index (χ1n) is 7.83. The summed E-state index contributed by atoms with van der Waals surface area (Å²) in [6.07, 6.45) is 6.16. The molecule has 6 nitrogen and oxygen atoms in total. The minimum Gasteiger partial charge on any atom is -0.295 e. The summed E-state index contributed by atoms with van der Waals surface area (Å²) < 4.78 is 28.9. The molecule has 0 saturated carbocycles. The average Bonchev–Trinajstić information content (AvgIpc) is 3.17. The molecule has 1 aromatic heterocycles. The van der Waals surface area contributed by atoms with Gasteiger partial charge >= 0.3 is 0 Å². The Bertz CT molecular complexity index is 742. The Morgan fingerprint density at radius 3 is 2.78 bits per heavy atom. The molecule has 0 amide bonds. The molecule has 1 aliphatic heterocycles. The number of aromatic nitrogens is 2. The van der Waals surface area contributed by atoms with Gasteiger partial charge in [-0.25, -0.2) is 13.1 Å². The molecule has 7 heteroatoms. The minimum absolute atomic E-state index is 0.310. The summed E-state index contributed by atoms with van der Waals surface area (Å²) in [5.74, 6) is 0. The molecule has 1 fully saturated rings. The molecule has 1 aromatic carbocycles. The van der Waals surface area contributed by atoms with Crippen LogP contribution >= 0.6 is 0 Å². The highest BCUT2D eigenvalue weighted by Gasteiger charge is 2.26. The third-order valence-corrected chi connectivity index (χ3v) is 5.69. The third-order valence-electron chi connectivity index (χ3n) is 4.22. The van der Waals surface area contributed by atoms with E-state index in [1.54, 1.807) is 24.3 Å². The van der Waals surface area contributed by atoms with Crippen LogP contribution in [0.3, 0.4) is 0 Å². The van der Waals surface area contributed by atoms with Gasteiger partial charge in [0.05, 0.1) is 11.1 Å². The number of likely N-dealkylation sites (tertiary alicyclic amines) is 1. The predicted octanol–water partition coefficient (Wildman–Crippen LogP) is 1.54. The molecule has 0 aliphatic carbocycles. The second-order valence-corrected chi connectivity index (χ2v) is 7.62. The van der Waals surface area contributed by atoms with Crippen molar-refractivity contribution in [3.8, 4) is 0 Å². The summed E-state index contributed by atoms with van der Waals surface area (Å²) in [7, 11) is -1.51. The van der Waals surface area contributed by atoms with Gasteiger partial charge in [-0.15, -0.1) is 0 Å². The SMILES string of the molecule is Cn1cc([C@@H]2CCCN2CCNS(=O)(=O)c2ccccc2)cn1. The molecule has 1 aliphatic rings. The summed E-state index contributed by atoms with van der Waals surface area (Å²) in [4.78, 5) is 2.63. The third kappa shape index (κ3) is 3.80. The Morgan fingerprint density at radius 2 is 2.09 bits per heavy atom. The van der Waals surface area contributed by atoms with E-state index in [2.05, 4.69) is 14.7 Å². The van der Waals surface area contributed by atoms with Crippen LogP contribution in [0.15, 0.2) is 47.6 Å². The highest BCUT2D eigenvalue weighted by atomic mass is 32.2. The topological polar surface area (TPSA) is 67.2 Å². The van der Waals surface area contributed by atoms with Crippen molar-refractivity contribution in [1.29, 1.82) is 0 Å². The second-order valence-electron chi connectivity index (χ2n) is 5.85. The van der Waals surface area contributed by atoms with Gasteiger partial charge in [0.15, 0.2) is 0 Å². The minimum atomic E-state index is -3.42. The molecule has 23 heavy (non-hydrogen) atoms. The summed E-state index contributed by atoms with van der Waals surface area (Å²) in [5, 5.41) is 4.23. The van der Waals surface area contributed by atoms with Crippen LogP contribution in [-0.2, 0) is 17.1 Å². The molecule has 1 N–H and O–H groups in total. The van der Waals surface area contributed by atoms with Crippen molar-refractivity contribution in [3.05, 3.63) is 48.3 Å². The predicted molar refractivity (Wildman–Crippen MR) is 88.4 cm³/mol. The maximum atomic E-state index is 12.2. The molecule has 0 radical (unpaired) electrons. The van der Waals surface area contributed by atoms with Crippen LogP contribution in [0.5, 0.6) is 0 Å². The second kappa shape index (κ2) is 6.82. The van der Waals surface area contributed by atoms with Gasteiger partial charge in [-0.05, 0) is 31.5 Å². The number of hydrogen-bond donors (Lipinski definition) is 1. The lowest BCUT2D eigenvalue weighted by Crippen LogP contribution is -2.34. The van der Waals surface area contributed by atoms with Crippen LogP contribution in [-0.4, -0.2) is 42.7 Å². The summed E-state index contributed by atoms with van der Waals surface area (Å²) in [6.45, 7) is 2.10. The van der Waals surface area contributed by atoms with Crippen LogP contribution in [0.1, 0.15) is 24.4 Å². The Kier molecular flexibility index (Phi) is 4.79. The highest BCUT2D eigenvalue weighted by Crippen LogP contribution is 2.30. The first kappa shape index (κ1) is 16.2. The number of aryl methyl sites for hydroxylation is 1. The first-order valence-corrected chi connectivity index (χ1v) is 9.32. The zero-order chi connectivity index (χ0) is 16.3. The van der Waals surface area contributed by atoms with Gasteiger partial charge in [0.2, 0.25) is 10.0 Å². The lowest BCUT2D eigenvalue weighted by atomic mass is 10.1. The van der Waals surface area contributed by atoms with E-state index in [1.807, 2.05) is 30.2 Å². The summed E-state index contributed by atoms with van der Waals surface area (Å²) in [5.41, 5.74) is 1.20. The lowest BCUT2D eigenvalue weighted by molar-refractivity contribution is 0.262. The maximum Gasteiger partial charge on any atom is 0.240 e. The van der Waals surface area contributed by atoms with E-state index in [-0.39, 0.29) is 0 Å². The van der Waals surface area contributed by atoms with Gasteiger partial charge in [0.1, 0.15) is 0 Å². The molecule has 2 aromatic rings. The van der Waals surface area contributed by atoms with Crippen LogP contribution in [0.25, 0.3) is 0 Å². The fourth-order valence-electron chi connectivity index (χ4n) is 3.09. The number of nitrogens with zero attached hydrogens (tertiary/aromatic N) is 3. The van der Waals surface area contributed by atoms with Gasteiger partial charge in [0.25, 0.3) is 0 Å². The van der Waals surface area contributed by atoms with Gasteiger partial charge < -0.3 is 0 Å². The standard InChI is InChI=1S/C16H22N4O2S/c1-19-13-14(12-17-19)16-8-5-10-20(16)11-9-18-23(21,22)15-6-3-2-4-7-15/h2-4,6-7,12-13,16,18H,5,8-11H2,1H3/t16-/m0/s1. The molecular weight excluding hydrogens is 312 g/mol. The molecule has 124 valence electrons. The molecule has 1 atom stereocenters. The highest BCUT2D eigenvalue weighted by molar-refractivity contribution is 7.89. The largest absolute Gasteiger partial charge is 0.295 e. The molecule has 1 saturated heterocycles. The Balaban J connectivity index is 1.58. The number of benzene rings is 1. The van der Waals surface area contributed by atoms with Crippen molar-refractivity contribution < 1.29 is 8.42 Å². The van der Waals surface area contributed by atoms with Gasteiger partial charge in [0, 0.05) is 37.9 Å². The molecule has 0 bridgehead atoms. The maximum absolute atomic E-state index is 12.2. The van der Waals surface area contributed by atoms with Crippen LogP contribution in [0.2, 0.25) is 0 Å². The van der Waals surface area contributed by atoms with Crippen molar-refractivity contribution in [2.75, 3.05) is 19.6 Å². The number of hydrogen-bond acceptors (Lipinski definition) is 4. The lowest BCUT2D eigenvalue weighted by Gasteiger charge is -2.23. The fraction of sp³-hybridized carbons (Fsp3) is 0.438. The van der Waals surface area contributed by atoms with E-state index in [9.17, 15) is 8.42 Å². The monoisotopic (exact) mass is 334 g/mol. The van der Waals surface area contributed by atoms with Crippen molar-refractivity contribution >= 4 is 10.0 Å². The normalized spacial score (nSPS) is 19.3. The van der Waals surface area contributed by atoms with Crippen molar-refractivity contribution in [1.82, 2.24) is 19.4 Å². The van der Waals surface area contributed by atoms with E-state index in [4.69, 9.17) is 0 Å². The van der Waals surface area contributed by atoms with E-state index in [0.717, 1.165) is 19.4 Å². The van der Waals surface area contributed by atoms with E-state index >= 15 is 0 Å². The molecule has 0 spiro atoms. The van der Waals surface area contributed by atoms with Crippen LogP contribution < -0.4 is 4.72 Å². The number of rotatable bonds is 6. The van der Waals surface area contributed by atoms with Crippen LogP contribution in [0.4, 0.5) is 0 Å². The van der Waals surface area contributed by atoms with E-state index in [0.29, 0.717) is 24.0 Å². The van der Waals surface area contributed by atoms with Gasteiger partial charge in [-0.2, -0.15) is 5.10 Å². The van der Waals surface area contributed by atoms with Crippen molar-refractivity contribution in [3.63, 3.8) is 0 Å². The Labute approximate surface area is 137 Å². The molecule has 0 unspecified atom stereocenters. The zero-order valence-corrected chi connectivity index (χ0v) is 14.0. The summed E-state index contributed by atoms with van der Waals surface area (Å²) >= 11 is 0. The first-order chi connectivity index (χ1) is 11.1. The van der Waals surface area contributed by atoms with E-state index in [1.165, 1.54) is 5.56 Å². The molecule has 2 heterocycles. The molecular formula is C16H22N4O2S. The average molecular weight is 334 g/mol. The van der Waals surface area contributed by atoms with Gasteiger partial charge in [-0.1, -0.05) is 18.2 Å². The number of nitrogens with one attached hydrogen (secondary N) is 1.